The van der Waals surface area contributed by atoms with Gasteiger partial charge in [-0.15, -0.1) is 5.10 Å². The van der Waals surface area contributed by atoms with Gasteiger partial charge in [-0.3, -0.25) is 9.59 Å². The molecule has 1 saturated heterocycles. The quantitative estimate of drug-likeness (QED) is 0.566. The van der Waals surface area contributed by atoms with Gasteiger partial charge in [0.15, 0.2) is 11.5 Å². The lowest BCUT2D eigenvalue weighted by atomic mass is 10.2. The first-order chi connectivity index (χ1) is 16.5. The molecule has 0 N–H and O–H groups in total. The number of hydrogen-bond acceptors (Lipinski definition) is 7. The van der Waals surface area contributed by atoms with Gasteiger partial charge in [0.05, 0.1) is 0 Å². The minimum atomic E-state index is -0.781. The van der Waals surface area contributed by atoms with E-state index < -0.39 is 17.7 Å². The van der Waals surface area contributed by atoms with Gasteiger partial charge < -0.3 is 23.7 Å². The van der Waals surface area contributed by atoms with Crippen molar-refractivity contribution in [2.45, 2.75) is 12.6 Å². The molecule has 0 unspecified atom stereocenters. The number of aromatic nitrogens is 2. The highest BCUT2D eigenvalue weighted by Crippen LogP contribution is 2.31. The van der Waals surface area contributed by atoms with Crippen LogP contribution in [0, 0.1) is 5.82 Å². The molecule has 34 heavy (non-hydrogen) atoms. The lowest BCUT2D eigenvalue weighted by molar-refractivity contribution is -0.146. The van der Waals surface area contributed by atoms with Gasteiger partial charge in [-0.1, -0.05) is 12.1 Å². The maximum absolute atomic E-state index is 13.1. The third-order valence-corrected chi connectivity index (χ3v) is 5.71. The Bertz CT molecular complexity index is 1260. The Labute approximate surface area is 193 Å². The van der Waals surface area contributed by atoms with E-state index in [2.05, 4.69) is 5.10 Å². The molecule has 3 heterocycles. The van der Waals surface area contributed by atoms with E-state index in [-0.39, 0.29) is 30.9 Å². The summed E-state index contributed by atoms with van der Waals surface area (Å²) in [6.07, 6.45) is -0.740. The van der Waals surface area contributed by atoms with Crippen molar-refractivity contribution in [1.82, 2.24) is 19.6 Å². The average Bonchev–Trinajstić information content (AvgIpc) is 3.23. The Hall–Kier alpha value is -4.15. The normalized spacial score (nSPS) is 17.5. The highest BCUT2D eigenvalue weighted by atomic mass is 19.1. The minimum Gasteiger partial charge on any atom is -0.485 e. The standard InChI is InChI=1S/C23H21FN4O6/c24-16-7-5-15(6-8-16)21-25-28(23(31)34-21)13-20(29)26-9-11-27(12-10-26)22(30)19-14-32-17-3-1-2-4-18(17)33-19/h1-8,19H,9-14H2/t19-/m0/s1. The zero-order valence-corrected chi connectivity index (χ0v) is 18.1. The van der Waals surface area contributed by atoms with Gasteiger partial charge in [0.1, 0.15) is 19.0 Å². The average molecular weight is 468 g/mol. The summed E-state index contributed by atoms with van der Waals surface area (Å²) in [6.45, 7) is 1.12. The van der Waals surface area contributed by atoms with Crippen molar-refractivity contribution in [3.05, 3.63) is 64.9 Å². The topological polar surface area (TPSA) is 107 Å². The molecule has 2 aromatic carbocycles. The molecule has 1 aromatic heterocycles. The smallest absolute Gasteiger partial charge is 0.437 e. The van der Waals surface area contributed by atoms with E-state index in [1.807, 2.05) is 12.1 Å². The Morgan fingerprint density at radius 3 is 2.38 bits per heavy atom. The minimum absolute atomic E-state index is 0.00416. The second kappa shape index (κ2) is 9.00. The molecule has 0 saturated carbocycles. The maximum Gasteiger partial charge on any atom is 0.437 e. The second-order valence-electron chi connectivity index (χ2n) is 7.91. The van der Waals surface area contributed by atoms with Gasteiger partial charge in [-0.05, 0) is 36.4 Å². The van der Waals surface area contributed by atoms with Crippen molar-refractivity contribution in [2.24, 2.45) is 0 Å². The number of carbonyl (C=O) groups excluding carboxylic acids is 2. The van der Waals surface area contributed by atoms with E-state index in [4.69, 9.17) is 13.9 Å². The number of fused-ring (bicyclic) bond motifs is 1. The van der Waals surface area contributed by atoms with Gasteiger partial charge in [0.2, 0.25) is 17.9 Å². The predicted octanol–water partition coefficient (Wildman–Crippen LogP) is 1.15. The van der Waals surface area contributed by atoms with Crippen LogP contribution in [-0.2, 0) is 16.1 Å². The zero-order valence-electron chi connectivity index (χ0n) is 18.1. The Kier molecular flexibility index (Phi) is 5.74. The monoisotopic (exact) mass is 468 g/mol. The van der Waals surface area contributed by atoms with Crippen molar-refractivity contribution in [1.29, 1.82) is 0 Å². The van der Waals surface area contributed by atoms with E-state index in [1.54, 1.807) is 21.9 Å². The van der Waals surface area contributed by atoms with Crippen molar-refractivity contribution >= 4 is 11.8 Å². The fraction of sp³-hybridized carbons (Fsp3) is 0.304. The van der Waals surface area contributed by atoms with Gasteiger partial charge >= 0.3 is 5.76 Å². The van der Waals surface area contributed by atoms with E-state index >= 15 is 0 Å². The first-order valence-corrected chi connectivity index (χ1v) is 10.8. The summed E-state index contributed by atoms with van der Waals surface area (Å²) in [5.41, 5.74) is 0.424. The van der Waals surface area contributed by atoms with Crippen molar-refractivity contribution in [3.63, 3.8) is 0 Å². The molecule has 5 rings (SSSR count). The number of amides is 2. The van der Waals surface area contributed by atoms with Crippen LogP contribution in [0.1, 0.15) is 0 Å². The number of rotatable bonds is 4. The zero-order chi connectivity index (χ0) is 23.7. The molecule has 2 amide bonds. The lowest BCUT2D eigenvalue weighted by Gasteiger charge is -2.37. The van der Waals surface area contributed by atoms with E-state index in [1.165, 1.54) is 24.3 Å². The molecule has 0 aliphatic carbocycles. The maximum atomic E-state index is 13.1. The van der Waals surface area contributed by atoms with Crippen LogP contribution in [0.4, 0.5) is 4.39 Å². The first-order valence-electron chi connectivity index (χ1n) is 10.8. The van der Waals surface area contributed by atoms with Crippen LogP contribution in [0.2, 0.25) is 0 Å². The van der Waals surface area contributed by atoms with Crippen LogP contribution in [0.5, 0.6) is 11.5 Å². The number of para-hydroxylation sites is 2. The van der Waals surface area contributed by atoms with Crippen molar-refractivity contribution < 1.29 is 27.9 Å². The molecule has 1 atom stereocenters. The van der Waals surface area contributed by atoms with Crippen LogP contribution in [0.25, 0.3) is 11.5 Å². The molecule has 0 bridgehead atoms. The Morgan fingerprint density at radius 1 is 0.971 bits per heavy atom. The fourth-order valence-electron chi connectivity index (χ4n) is 3.86. The second-order valence-corrected chi connectivity index (χ2v) is 7.91. The molecule has 3 aromatic rings. The summed E-state index contributed by atoms with van der Waals surface area (Å²) in [4.78, 5) is 40.9. The number of benzene rings is 2. The van der Waals surface area contributed by atoms with Crippen molar-refractivity contribution in [2.75, 3.05) is 32.8 Å². The molecular weight excluding hydrogens is 447 g/mol. The number of ether oxygens (including phenoxy) is 2. The van der Waals surface area contributed by atoms with E-state index in [0.717, 1.165) is 4.68 Å². The summed E-state index contributed by atoms with van der Waals surface area (Å²) in [5, 5.41) is 4.04. The fourth-order valence-corrected chi connectivity index (χ4v) is 3.86. The summed E-state index contributed by atoms with van der Waals surface area (Å²) < 4.78 is 30.5. The van der Waals surface area contributed by atoms with Crippen molar-refractivity contribution in [3.8, 4) is 23.0 Å². The lowest BCUT2D eigenvalue weighted by Crippen LogP contribution is -2.55. The van der Waals surface area contributed by atoms with E-state index in [0.29, 0.717) is 43.2 Å². The third kappa shape index (κ3) is 4.36. The molecular formula is C23H21FN4O6. The summed E-state index contributed by atoms with van der Waals surface area (Å²) in [6, 6.07) is 12.5. The number of piperazine rings is 1. The third-order valence-electron chi connectivity index (χ3n) is 5.71. The molecule has 2 aliphatic rings. The molecule has 0 radical (unpaired) electrons. The number of carbonyl (C=O) groups is 2. The van der Waals surface area contributed by atoms with Crippen LogP contribution >= 0.6 is 0 Å². The van der Waals surface area contributed by atoms with Gasteiger partial charge in [-0.2, -0.15) is 4.68 Å². The molecule has 0 spiro atoms. The largest absolute Gasteiger partial charge is 0.485 e. The summed E-state index contributed by atoms with van der Waals surface area (Å²) >= 11 is 0. The summed E-state index contributed by atoms with van der Waals surface area (Å²) in [7, 11) is 0. The highest BCUT2D eigenvalue weighted by Gasteiger charge is 2.33. The van der Waals surface area contributed by atoms with Gasteiger partial charge in [0, 0.05) is 31.7 Å². The van der Waals surface area contributed by atoms with E-state index in [9.17, 15) is 18.8 Å². The number of hydrogen-bond donors (Lipinski definition) is 0. The Morgan fingerprint density at radius 2 is 1.65 bits per heavy atom. The van der Waals surface area contributed by atoms with Crippen LogP contribution in [0.15, 0.2) is 57.7 Å². The van der Waals surface area contributed by atoms with Gasteiger partial charge in [0.25, 0.3) is 5.91 Å². The SMILES string of the molecule is O=C(Cn1nc(-c2ccc(F)cc2)oc1=O)N1CCN(C(=O)[C@@H]2COc3ccccc3O2)CC1. The molecule has 1 fully saturated rings. The van der Waals surface area contributed by atoms with Gasteiger partial charge in [-0.25, -0.2) is 9.18 Å². The Balaban J connectivity index is 1.16. The highest BCUT2D eigenvalue weighted by molar-refractivity contribution is 5.82. The van der Waals surface area contributed by atoms with Crippen LogP contribution in [-0.4, -0.2) is 70.3 Å². The van der Waals surface area contributed by atoms with Crippen LogP contribution < -0.4 is 15.2 Å². The molecule has 10 nitrogen and oxygen atoms in total. The number of halogens is 1. The first kappa shape index (κ1) is 21.7. The number of nitrogens with zero attached hydrogens (tertiary/aromatic N) is 4. The van der Waals surface area contributed by atoms with Crippen LogP contribution in [0.3, 0.4) is 0 Å². The summed E-state index contributed by atoms with van der Waals surface area (Å²) in [5.74, 6) is -0.587. The molecule has 176 valence electrons. The predicted molar refractivity (Wildman–Crippen MR) is 116 cm³/mol. The molecule has 2 aliphatic heterocycles. The molecule has 11 heteroatoms.